The Bertz CT molecular complexity index is 602. The van der Waals surface area contributed by atoms with Crippen LogP contribution in [0.4, 0.5) is 0 Å². The smallest absolute Gasteiger partial charge is 0.278 e. The van der Waals surface area contributed by atoms with Gasteiger partial charge in [-0.25, -0.2) is 0 Å². The zero-order valence-electron chi connectivity index (χ0n) is 14.6. The molecule has 1 aromatic heterocycles. The number of hydrogen-bond donors (Lipinski definition) is 0. The van der Waals surface area contributed by atoms with Crippen molar-refractivity contribution in [1.82, 2.24) is 9.80 Å². The fourth-order valence-electron chi connectivity index (χ4n) is 2.68. The number of nitrogens with zero attached hydrogens (tertiary/aromatic N) is 2. The maximum absolute atomic E-state index is 13.0. The number of methoxy groups -OCH3 is 2. The van der Waals surface area contributed by atoms with Gasteiger partial charge in [-0.3, -0.25) is 14.5 Å². The highest BCUT2D eigenvalue weighted by atomic mass is 32.1. The lowest BCUT2D eigenvalue weighted by atomic mass is 10.1. The molecule has 0 spiro atoms. The lowest BCUT2D eigenvalue weighted by molar-refractivity contribution is -0.139. The summed E-state index contributed by atoms with van der Waals surface area (Å²) in [6.45, 7) is 5.67. The Morgan fingerprint density at radius 1 is 1.12 bits per heavy atom. The average Bonchev–Trinajstić information content (AvgIpc) is 3.14. The van der Waals surface area contributed by atoms with Crippen LogP contribution in [0.2, 0.25) is 0 Å². The SMILES string of the molecule is COCCN(CCOC)C1=C(c2cccs2)C(=O)N(C(C)C)C1=O. The number of carbonyl (C=O) groups excluding carboxylic acids is 2. The monoisotopic (exact) mass is 352 g/mol. The minimum atomic E-state index is -0.245. The summed E-state index contributed by atoms with van der Waals surface area (Å²) >= 11 is 1.46. The van der Waals surface area contributed by atoms with Gasteiger partial charge in [-0.2, -0.15) is 0 Å². The number of hydrogen-bond acceptors (Lipinski definition) is 6. The number of imide groups is 1. The number of carbonyl (C=O) groups is 2. The standard InChI is InChI=1S/C17H24N2O4S/c1-12(2)19-16(20)14(13-6-5-11-24-13)15(17(19)21)18(7-9-22-3)8-10-23-4/h5-6,11-12H,7-10H2,1-4H3. The van der Waals surface area contributed by atoms with Crippen molar-refractivity contribution in [3.05, 3.63) is 28.1 Å². The van der Waals surface area contributed by atoms with E-state index in [1.165, 1.54) is 16.2 Å². The Hall–Kier alpha value is -1.70. The summed E-state index contributed by atoms with van der Waals surface area (Å²) in [5.74, 6) is -0.474. The van der Waals surface area contributed by atoms with E-state index >= 15 is 0 Å². The summed E-state index contributed by atoms with van der Waals surface area (Å²) in [5.41, 5.74) is 0.932. The van der Waals surface area contributed by atoms with Gasteiger partial charge in [0.05, 0.1) is 18.8 Å². The first-order chi connectivity index (χ1) is 11.5. The van der Waals surface area contributed by atoms with Gasteiger partial charge in [-0.1, -0.05) is 6.07 Å². The molecule has 0 saturated carbocycles. The van der Waals surface area contributed by atoms with Crippen molar-refractivity contribution < 1.29 is 19.1 Å². The molecule has 24 heavy (non-hydrogen) atoms. The van der Waals surface area contributed by atoms with Crippen LogP contribution in [0.15, 0.2) is 23.2 Å². The van der Waals surface area contributed by atoms with Crippen molar-refractivity contribution in [1.29, 1.82) is 0 Å². The van der Waals surface area contributed by atoms with E-state index in [4.69, 9.17) is 9.47 Å². The molecule has 0 N–H and O–H groups in total. The maximum atomic E-state index is 13.0. The third-order valence-electron chi connectivity index (χ3n) is 3.82. The van der Waals surface area contributed by atoms with Gasteiger partial charge < -0.3 is 14.4 Å². The van der Waals surface area contributed by atoms with E-state index in [0.717, 1.165) is 4.88 Å². The summed E-state index contributed by atoms with van der Waals surface area (Å²) < 4.78 is 10.3. The molecule has 1 aliphatic rings. The zero-order valence-corrected chi connectivity index (χ0v) is 15.4. The number of thiophene rings is 1. The minimum absolute atomic E-state index is 0.191. The third-order valence-corrected chi connectivity index (χ3v) is 4.71. The molecule has 132 valence electrons. The molecule has 2 rings (SSSR count). The molecule has 0 aliphatic carbocycles. The van der Waals surface area contributed by atoms with Crippen molar-refractivity contribution in [2.24, 2.45) is 0 Å². The number of rotatable bonds is 9. The lowest BCUT2D eigenvalue weighted by Crippen LogP contribution is -2.40. The van der Waals surface area contributed by atoms with Crippen molar-refractivity contribution in [3.8, 4) is 0 Å². The van der Waals surface area contributed by atoms with Gasteiger partial charge in [-0.15, -0.1) is 11.3 Å². The highest BCUT2D eigenvalue weighted by Crippen LogP contribution is 2.34. The van der Waals surface area contributed by atoms with Crippen LogP contribution in [0.25, 0.3) is 5.57 Å². The molecular weight excluding hydrogens is 328 g/mol. The van der Waals surface area contributed by atoms with Crippen LogP contribution in [0.3, 0.4) is 0 Å². The van der Waals surface area contributed by atoms with Crippen LogP contribution < -0.4 is 0 Å². The second-order valence-corrected chi connectivity index (χ2v) is 6.70. The van der Waals surface area contributed by atoms with E-state index in [-0.39, 0.29) is 17.9 Å². The third kappa shape index (κ3) is 3.68. The van der Waals surface area contributed by atoms with Crippen molar-refractivity contribution in [2.45, 2.75) is 19.9 Å². The zero-order chi connectivity index (χ0) is 17.7. The first-order valence-corrected chi connectivity index (χ1v) is 8.79. The Balaban J connectivity index is 2.48. The van der Waals surface area contributed by atoms with Crippen LogP contribution in [0.5, 0.6) is 0 Å². The van der Waals surface area contributed by atoms with Gasteiger partial charge in [0, 0.05) is 38.2 Å². The Kier molecular flexibility index (Phi) is 6.53. The molecule has 0 radical (unpaired) electrons. The van der Waals surface area contributed by atoms with Crippen LogP contribution in [-0.4, -0.2) is 68.2 Å². The number of amides is 2. The lowest BCUT2D eigenvalue weighted by Gasteiger charge is -2.26. The second kappa shape index (κ2) is 8.41. The molecule has 0 bridgehead atoms. The molecule has 7 heteroatoms. The van der Waals surface area contributed by atoms with Crippen LogP contribution in [-0.2, 0) is 19.1 Å². The van der Waals surface area contributed by atoms with Gasteiger partial charge in [0.1, 0.15) is 5.70 Å². The molecule has 6 nitrogen and oxygen atoms in total. The minimum Gasteiger partial charge on any atom is -0.383 e. The summed E-state index contributed by atoms with van der Waals surface area (Å²) in [6.07, 6.45) is 0. The van der Waals surface area contributed by atoms with E-state index < -0.39 is 0 Å². The van der Waals surface area contributed by atoms with Crippen LogP contribution in [0, 0.1) is 0 Å². The topological polar surface area (TPSA) is 59.1 Å². The highest BCUT2D eigenvalue weighted by Gasteiger charge is 2.42. The van der Waals surface area contributed by atoms with Crippen molar-refractivity contribution in [3.63, 3.8) is 0 Å². The summed E-state index contributed by atoms with van der Waals surface area (Å²) in [5, 5.41) is 1.91. The normalized spacial score (nSPS) is 15.1. The van der Waals surface area contributed by atoms with E-state index in [1.807, 2.05) is 36.3 Å². The van der Waals surface area contributed by atoms with Crippen LogP contribution >= 0.6 is 11.3 Å². The van der Waals surface area contributed by atoms with E-state index in [9.17, 15) is 9.59 Å². The Morgan fingerprint density at radius 2 is 1.75 bits per heavy atom. The van der Waals surface area contributed by atoms with Gasteiger partial charge >= 0.3 is 0 Å². The molecule has 1 aliphatic heterocycles. The maximum Gasteiger partial charge on any atom is 0.278 e. The highest BCUT2D eigenvalue weighted by molar-refractivity contribution is 7.11. The fourth-order valence-corrected chi connectivity index (χ4v) is 3.44. The summed E-state index contributed by atoms with van der Waals surface area (Å²) in [4.78, 5) is 29.9. The van der Waals surface area contributed by atoms with E-state index in [0.29, 0.717) is 37.6 Å². The first kappa shape index (κ1) is 18.6. The van der Waals surface area contributed by atoms with Crippen molar-refractivity contribution in [2.75, 3.05) is 40.5 Å². The average molecular weight is 352 g/mol. The molecule has 2 heterocycles. The molecule has 0 saturated heterocycles. The number of ether oxygens (including phenoxy) is 2. The van der Waals surface area contributed by atoms with Gasteiger partial charge in [-0.05, 0) is 25.3 Å². The van der Waals surface area contributed by atoms with Crippen molar-refractivity contribution >= 4 is 28.7 Å². The molecular formula is C17H24N2O4S. The second-order valence-electron chi connectivity index (χ2n) is 5.75. The Labute approximate surface area is 146 Å². The Morgan fingerprint density at radius 3 is 2.21 bits per heavy atom. The van der Waals surface area contributed by atoms with Gasteiger partial charge in [0.2, 0.25) is 0 Å². The molecule has 0 atom stereocenters. The molecule has 0 fully saturated rings. The molecule has 2 amide bonds. The van der Waals surface area contributed by atoms with E-state index in [2.05, 4.69) is 0 Å². The quantitative estimate of drug-likeness (QED) is 0.635. The predicted molar refractivity (Wildman–Crippen MR) is 93.6 cm³/mol. The van der Waals surface area contributed by atoms with Gasteiger partial charge in [0.25, 0.3) is 11.8 Å². The summed E-state index contributed by atoms with van der Waals surface area (Å²) in [6, 6.07) is 3.57. The predicted octanol–water partition coefficient (Wildman–Crippen LogP) is 1.83. The largest absolute Gasteiger partial charge is 0.383 e. The fraction of sp³-hybridized carbons (Fsp3) is 0.529. The molecule has 1 aromatic rings. The molecule has 0 unspecified atom stereocenters. The first-order valence-electron chi connectivity index (χ1n) is 7.91. The van der Waals surface area contributed by atoms with Crippen LogP contribution in [0.1, 0.15) is 18.7 Å². The van der Waals surface area contributed by atoms with Gasteiger partial charge in [0.15, 0.2) is 0 Å². The summed E-state index contributed by atoms with van der Waals surface area (Å²) in [7, 11) is 3.23. The molecule has 0 aromatic carbocycles. The van der Waals surface area contributed by atoms with E-state index in [1.54, 1.807) is 14.2 Å².